The summed E-state index contributed by atoms with van der Waals surface area (Å²) in [6, 6.07) is 14.1. The van der Waals surface area contributed by atoms with Gasteiger partial charge in [0.1, 0.15) is 5.01 Å². The predicted octanol–water partition coefficient (Wildman–Crippen LogP) is 5.84. The summed E-state index contributed by atoms with van der Waals surface area (Å²) in [6.45, 7) is 0.680. The van der Waals surface area contributed by atoms with E-state index in [9.17, 15) is 0 Å². The van der Waals surface area contributed by atoms with E-state index in [-0.39, 0.29) is 0 Å². The fourth-order valence-corrected chi connectivity index (χ4v) is 3.23. The molecule has 0 radical (unpaired) electrons. The summed E-state index contributed by atoms with van der Waals surface area (Å²) >= 11 is 11.3. The van der Waals surface area contributed by atoms with E-state index in [0.717, 1.165) is 31.3 Å². The van der Waals surface area contributed by atoms with Gasteiger partial charge >= 0.3 is 0 Å². The first-order valence-electron chi connectivity index (χ1n) is 6.40. The first-order chi connectivity index (χ1) is 10.2. The topological polar surface area (TPSA) is 24.9 Å². The van der Waals surface area contributed by atoms with Crippen LogP contribution in [0.15, 0.2) is 58.5 Å². The highest BCUT2D eigenvalue weighted by molar-refractivity contribution is 9.10. The Morgan fingerprint density at radius 1 is 1.19 bits per heavy atom. The van der Waals surface area contributed by atoms with Crippen LogP contribution in [-0.4, -0.2) is 4.98 Å². The highest BCUT2D eigenvalue weighted by Gasteiger charge is 2.04. The van der Waals surface area contributed by atoms with Crippen LogP contribution in [0.1, 0.15) is 5.56 Å². The second-order valence-corrected chi connectivity index (χ2v) is 6.72. The van der Waals surface area contributed by atoms with Crippen molar-refractivity contribution in [1.29, 1.82) is 0 Å². The molecule has 0 saturated carbocycles. The van der Waals surface area contributed by atoms with Crippen molar-refractivity contribution in [3.05, 3.63) is 69.1 Å². The number of hydrogen-bond acceptors (Lipinski definition) is 3. The third kappa shape index (κ3) is 3.64. The third-order valence-corrected chi connectivity index (χ3v) is 4.72. The summed E-state index contributed by atoms with van der Waals surface area (Å²) < 4.78 is 1.03. The molecule has 0 fully saturated rings. The van der Waals surface area contributed by atoms with Gasteiger partial charge in [-0.15, -0.1) is 11.3 Å². The van der Waals surface area contributed by atoms with Gasteiger partial charge in [0.25, 0.3) is 0 Å². The second kappa shape index (κ2) is 6.60. The van der Waals surface area contributed by atoms with Crippen LogP contribution in [0.5, 0.6) is 0 Å². The Labute approximate surface area is 140 Å². The van der Waals surface area contributed by atoms with Crippen LogP contribution < -0.4 is 5.32 Å². The lowest BCUT2D eigenvalue weighted by molar-refractivity contribution is 1.15. The van der Waals surface area contributed by atoms with Gasteiger partial charge < -0.3 is 5.32 Å². The van der Waals surface area contributed by atoms with E-state index in [4.69, 9.17) is 11.6 Å². The van der Waals surface area contributed by atoms with Crippen LogP contribution in [0.3, 0.4) is 0 Å². The molecule has 3 rings (SSSR count). The van der Waals surface area contributed by atoms with Crippen molar-refractivity contribution < 1.29 is 0 Å². The number of thiazole rings is 1. The molecule has 5 heteroatoms. The van der Waals surface area contributed by atoms with E-state index in [1.807, 2.05) is 41.9 Å². The molecular formula is C16H12BrClN2S. The van der Waals surface area contributed by atoms with Crippen molar-refractivity contribution in [2.24, 2.45) is 0 Å². The van der Waals surface area contributed by atoms with Gasteiger partial charge in [0.2, 0.25) is 0 Å². The van der Waals surface area contributed by atoms with E-state index >= 15 is 0 Å². The van der Waals surface area contributed by atoms with Gasteiger partial charge in [-0.3, -0.25) is 0 Å². The molecular weight excluding hydrogens is 368 g/mol. The zero-order valence-electron chi connectivity index (χ0n) is 11.0. The highest BCUT2D eigenvalue weighted by atomic mass is 79.9. The molecule has 1 N–H and O–H groups in total. The molecule has 0 aliphatic carbocycles. The van der Waals surface area contributed by atoms with E-state index in [0.29, 0.717) is 6.54 Å². The summed E-state index contributed by atoms with van der Waals surface area (Å²) in [6.07, 6.45) is 1.82. The molecule has 0 saturated heterocycles. The minimum absolute atomic E-state index is 0.680. The van der Waals surface area contributed by atoms with Gasteiger partial charge in [-0.2, -0.15) is 0 Å². The SMILES string of the molecule is Clc1ccc(Br)cc1CNc1cccc(-c2nccs2)c1. The Kier molecular flexibility index (Phi) is 4.58. The van der Waals surface area contributed by atoms with Gasteiger partial charge in [-0.05, 0) is 35.9 Å². The maximum atomic E-state index is 6.21. The number of aromatic nitrogens is 1. The summed E-state index contributed by atoms with van der Waals surface area (Å²) in [4.78, 5) is 4.34. The van der Waals surface area contributed by atoms with Gasteiger partial charge in [0.15, 0.2) is 0 Å². The lowest BCUT2D eigenvalue weighted by Gasteiger charge is -2.09. The van der Waals surface area contributed by atoms with Crippen molar-refractivity contribution in [1.82, 2.24) is 4.98 Å². The van der Waals surface area contributed by atoms with E-state index in [1.165, 1.54) is 0 Å². The monoisotopic (exact) mass is 378 g/mol. The standard InChI is InChI=1S/C16H12BrClN2S/c17-13-4-5-15(18)12(8-13)10-20-14-3-1-2-11(9-14)16-19-6-7-21-16/h1-9,20H,10H2. The predicted molar refractivity (Wildman–Crippen MR) is 94.0 cm³/mol. The first kappa shape index (κ1) is 14.6. The van der Waals surface area contributed by atoms with Crippen LogP contribution >= 0.6 is 38.9 Å². The second-order valence-electron chi connectivity index (χ2n) is 4.51. The number of anilines is 1. The van der Waals surface area contributed by atoms with Crippen molar-refractivity contribution in [2.45, 2.75) is 6.54 Å². The Bertz CT molecular complexity index is 744. The molecule has 106 valence electrons. The lowest BCUT2D eigenvalue weighted by atomic mass is 10.2. The number of nitrogens with one attached hydrogen (secondary N) is 1. The fourth-order valence-electron chi connectivity index (χ4n) is 2.00. The smallest absolute Gasteiger partial charge is 0.123 e. The van der Waals surface area contributed by atoms with Crippen molar-refractivity contribution in [3.63, 3.8) is 0 Å². The van der Waals surface area contributed by atoms with Crippen LogP contribution in [-0.2, 0) is 6.54 Å². The third-order valence-electron chi connectivity index (χ3n) is 3.03. The quantitative estimate of drug-likeness (QED) is 0.616. The number of nitrogens with zero attached hydrogens (tertiary/aromatic N) is 1. The van der Waals surface area contributed by atoms with Gasteiger partial charge in [0, 0.05) is 38.9 Å². The Hall–Kier alpha value is -1.36. The minimum atomic E-state index is 0.680. The van der Waals surface area contributed by atoms with Crippen LogP contribution in [0, 0.1) is 0 Å². The maximum Gasteiger partial charge on any atom is 0.123 e. The number of benzene rings is 2. The first-order valence-corrected chi connectivity index (χ1v) is 8.45. The van der Waals surface area contributed by atoms with Crippen molar-refractivity contribution >= 4 is 44.6 Å². The van der Waals surface area contributed by atoms with Gasteiger partial charge in [-0.1, -0.05) is 39.7 Å². The zero-order valence-corrected chi connectivity index (χ0v) is 14.2. The molecule has 2 aromatic carbocycles. The Morgan fingerprint density at radius 2 is 2.10 bits per heavy atom. The molecule has 2 nitrogen and oxygen atoms in total. The normalized spacial score (nSPS) is 10.6. The minimum Gasteiger partial charge on any atom is -0.381 e. The highest BCUT2D eigenvalue weighted by Crippen LogP contribution is 2.26. The summed E-state index contributed by atoms with van der Waals surface area (Å²) in [5.41, 5.74) is 3.24. The van der Waals surface area contributed by atoms with Crippen molar-refractivity contribution in [2.75, 3.05) is 5.32 Å². The average molecular weight is 380 g/mol. The molecule has 21 heavy (non-hydrogen) atoms. The molecule has 3 aromatic rings. The van der Waals surface area contributed by atoms with E-state index < -0.39 is 0 Å². The summed E-state index contributed by atoms with van der Waals surface area (Å²) in [5.74, 6) is 0. The van der Waals surface area contributed by atoms with Gasteiger partial charge in [0.05, 0.1) is 0 Å². The number of halogens is 2. The number of hydrogen-bond donors (Lipinski definition) is 1. The van der Waals surface area contributed by atoms with Crippen LogP contribution in [0.25, 0.3) is 10.6 Å². The molecule has 0 aliphatic rings. The molecule has 0 spiro atoms. The summed E-state index contributed by atoms with van der Waals surface area (Å²) in [7, 11) is 0. The molecule has 0 bridgehead atoms. The molecule has 0 unspecified atom stereocenters. The number of rotatable bonds is 4. The summed E-state index contributed by atoms with van der Waals surface area (Å²) in [5, 5.41) is 7.18. The molecule has 1 aromatic heterocycles. The van der Waals surface area contributed by atoms with Gasteiger partial charge in [-0.25, -0.2) is 4.98 Å². The fraction of sp³-hybridized carbons (Fsp3) is 0.0625. The van der Waals surface area contributed by atoms with E-state index in [2.05, 4.69) is 38.4 Å². The largest absolute Gasteiger partial charge is 0.381 e. The Morgan fingerprint density at radius 3 is 2.90 bits per heavy atom. The maximum absolute atomic E-state index is 6.21. The van der Waals surface area contributed by atoms with Crippen LogP contribution in [0.4, 0.5) is 5.69 Å². The van der Waals surface area contributed by atoms with Crippen LogP contribution in [0.2, 0.25) is 5.02 Å². The zero-order chi connectivity index (χ0) is 14.7. The molecule has 1 heterocycles. The lowest BCUT2D eigenvalue weighted by Crippen LogP contribution is -2.00. The van der Waals surface area contributed by atoms with Crippen molar-refractivity contribution in [3.8, 4) is 10.6 Å². The van der Waals surface area contributed by atoms with E-state index in [1.54, 1.807) is 11.3 Å². The molecule has 0 amide bonds. The average Bonchev–Trinajstić information content (AvgIpc) is 3.03. The Balaban J connectivity index is 1.76. The molecule has 0 atom stereocenters. The molecule has 0 aliphatic heterocycles.